The molecule has 0 aliphatic rings. The fraction of sp³-hybridized carbons (Fsp3) is 0.400. The van der Waals surface area contributed by atoms with Gasteiger partial charge < -0.3 is 4.74 Å². The molecule has 1 aromatic carbocycles. The number of ether oxygens (including phenoxy) is 1. The van der Waals surface area contributed by atoms with Gasteiger partial charge in [-0.2, -0.15) is 0 Å². The van der Waals surface area contributed by atoms with Gasteiger partial charge in [0.2, 0.25) is 0 Å². The number of anilines is 1. The molecule has 0 atom stereocenters. The van der Waals surface area contributed by atoms with Gasteiger partial charge >= 0.3 is 0 Å². The maximum absolute atomic E-state index is 12.5. The molecule has 2 aromatic rings. The first-order valence-corrected chi connectivity index (χ1v) is 9.81. The van der Waals surface area contributed by atoms with Gasteiger partial charge in [0.25, 0.3) is 10.0 Å². The second-order valence-corrected chi connectivity index (χ2v) is 8.44. The zero-order valence-electron chi connectivity index (χ0n) is 13.2. The van der Waals surface area contributed by atoms with Crippen LogP contribution in [-0.2, 0) is 21.2 Å². The predicted octanol–water partition coefficient (Wildman–Crippen LogP) is 3.87. The summed E-state index contributed by atoms with van der Waals surface area (Å²) in [6, 6.07) is 4.79. The van der Waals surface area contributed by atoms with Gasteiger partial charge in [0.1, 0.15) is 0 Å². The van der Waals surface area contributed by atoms with Gasteiger partial charge in [-0.3, -0.25) is 4.72 Å². The van der Waals surface area contributed by atoms with Crippen LogP contribution in [-0.4, -0.2) is 26.1 Å². The molecule has 0 spiro atoms. The van der Waals surface area contributed by atoms with E-state index in [0.717, 1.165) is 4.88 Å². The Hall–Kier alpha value is -1.15. The van der Waals surface area contributed by atoms with E-state index >= 15 is 0 Å². The van der Waals surface area contributed by atoms with Crippen LogP contribution in [0.2, 0.25) is 5.02 Å². The quantitative estimate of drug-likeness (QED) is 0.798. The summed E-state index contributed by atoms with van der Waals surface area (Å²) in [7, 11) is -3.70. The standard InChI is InChI=1S/C15H19ClN2O3S2/c1-10(2)21-8-7-12-9-17-15(22-12)18-23(19,20)14-6-4-5-13(16)11(14)3/h4-6,9-10H,7-8H2,1-3H3,(H,17,18). The Kier molecular flexibility index (Phi) is 6.02. The van der Waals surface area contributed by atoms with Crippen LogP contribution < -0.4 is 4.72 Å². The van der Waals surface area contributed by atoms with E-state index in [4.69, 9.17) is 16.3 Å². The minimum Gasteiger partial charge on any atom is -0.378 e. The number of hydrogen-bond donors (Lipinski definition) is 1. The third-order valence-corrected chi connectivity index (χ3v) is 6.08. The van der Waals surface area contributed by atoms with E-state index in [2.05, 4.69) is 9.71 Å². The van der Waals surface area contributed by atoms with Crippen molar-refractivity contribution in [2.45, 2.75) is 38.2 Å². The fourth-order valence-corrected chi connectivity index (χ4v) is 4.45. The zero-order valence-corrected chi connectivity index (χ0v) is 15.6. The Labute approximate surface area is 145 Å². The molecule has 0 bridgehead atoms. The first-order valence-electron chi connectivity index (χ1n) is 7.14. The number of hydrogen-bond acceptors (Lipinski definition) is 5. The Bertz CT molecular complexity index is 773. The molecule has 0 radical (unpaired) electrons. The molecule has 0 aliphatic carbocycles. The number of aromatic nitrogens is 1. The van der Waals surface area contributed by atoms with Gasteiger partial charge in [0, 0.05) is 22.5 Å². The van der Waals surface area contributed by atoms with E-state index < -0.39 is 10.0 Å². The van der Waals surface area contributed by atoms with Crippen molar-refractivity contribution in [1.29, 1.82) is 0 Å². The highest BCUT2D eigenvalue weighted by Gasteiger charge is 2.19. The number of nitrogens with one attached hydrogen (secondary N) is 1. The molecule has 0 aliphatic heterocycles. The highest BCUT2D eigenvalue weighted by molar-refractivity contribution is 7.93. The first-order chi connectivity index (χ1) is 10.8. The predicted molar refractivity (Wildman–Crippen MR) is 93.9 cm³/mol. The largest absolute Gasteiger partial charge is 0.378 e. The number of halogens is 1. The van der Waals surface area contributed by atoms with E-state index in [9.17, 15) is 8.42 Å². The minimum absolute atomic E-state index is 0.157. The summed E-state index contributed by atoms with van der Waals surface area (Å²) in [6.07, 6.45) is 2.54. The van der Waals surface area contributed by atoms with Crippen molar-refractivity contribution in [2.24, 2.45) is 0 Å². The maximum Gasteiger partial charge on any atom is 0.263 e. The number of sulfonamides is 1. The molecule has 126 valence electrons. The van der Waals surface area contributed by atoms with Crippen molar-refractivity contribution in [3.8, 4) is 0 Å². The molecule has 1 N–H and O–H groups in total. The van der Waals surface area contributed by atoms with Crippen LogP contribution in [0.3, 0.4) is 0 Å². The lowest BCUT2D eigenvalue weighted by atomic mass is 10.2. The second kappa shape index (κ2) is 7.61. The molecule has 1 aromatic heterocycles. The number of thiazole rings is 1. The number of rotatable bonds is 7. The van der Waals surface area contributed by atoms with E-state index in [1.807, 2.05) is 13.8 Å². The van der Waals surface area contributed by atoms with Gasteiger partial charge in [0.05, 0.1) is 17.6 Å². The monoisotopic (exact) mass is 374 g/mol. The van der Waals surface area contributed by atoms with Crippen LogP contribution >= 0.6 is 22.9 Å². The highest BCUT2D eigenvalue weighted by atomic mass is 35.5. The maximum atomic E-state index is 12.5. The van der Waals surface area contributed by atoms with Crippen LogP contribution in [0.4, 0.5) is 5.13 Å². The summed E-state index contributed by atoms with van der Waals surface area (Å²) in [4.78, 5) is 5.24. The third kappa shape index (κ3) is 4.91. The Balaban J connectivity index is 2.09. The number of nitrogens with zero attached hydrogens (tertiary/aromatic N) is 1. The second-order valence-electron chi connectivity index (χ2n) is 5.27. The van der Waals surface area contributed by atoms with Crippen LogP contribution in [0.1, 0.15) is 24.3 Å². The third-order valence-electron chi connectivity index (χ3n) is 3.08. The molecule has 23 heavy (non-hydrogen) atoms. The average molecular weight is 375 g/mol. The van der Waals surface area contributed by atoms with Gasteiger partial charge in [-0.15, -0.1) is 11.3 Å². The molecule has 0 amide bonds. The Morgan fingerprint density at radius 2 is 2.13 bits per heavy atom. The van der Waals surface area contributed by atoms with Crippen LogP contribution in [0.5, 0.6) is 0 Å². The Morgan fingerprint density at radius 1 is 1.39 bits per heavy atom. The van der Waals surface area contributed by atoms with Crippen LogP contribution in [0.25, 0.3) is 0 Å². The van der Waals surface area contributed by atoms with Crippen LogP contribution in [0.15, 0.2) is 29.3 Å². The molecule has 0 unspecified atom stereocenters. The highest BCUT2D eigenvalue weighted by Crippen LogP contribution is 2.26. The minimum atomic E-state index is -3.70. The van der Waals surface area contributed by atoms with Crippen molar-refractivity contribution >= 4 is 38.1 Å². The van der Waals surface area contributed by atoms with E-state index in [0.29, 0.717) is 28.7 Å². The molecular formula is C15H19ClN2O3S2. The summed E-state index contributed by atoms with van der Waals surface area (Å²) >= 11 is 7.29. The summed E-state index contributed by atoms with van der Waals surface area (Å²) in [5.74, 6) is 0. The lowest BCUT2D eigenvalue weighted by Gasteiger charge is -2.09. The van der Waals surface area contributed by atoms with Crippen molar-refractivity contribution in [3.63, 3.8) is 0 Å². The van der Waals surface area contributed by atoms with Gasteiger partial charge in [0.15, 0.2) is 5.13 Å². The molecule has 1 heterocycles. The topological polar surface area (TPSA) is 68.3 Å². The van der Waals surface area contributed by atoms with Crippen molar-refractivity contribution in [2.75, 3.05) is 11.3 Å². The summed E-state index contributed by atoms with van der Waals surface area (Å²) in [5, 5.41) is 0.752. The lowest BCUT2D eigenvalue weighted by molar-refractivity contribution is 0.0817. The summed E-state index contributed by atoms with van der Waals surface area (Å²) < 4.78 is 32.9. The fourth-order valence-electron chi connectivity index (χ4n) is 1.91. The van der Waals surface area contributed by atoms with Gasteiger partial charge in [-0.25, -0.2) is 13.4 Å². The number of benzene rings is 1. The summed E-state index contributed by atoms with van der Waals surface area (Å²) in [5.41, 5.74) is 0.517. The molecule has 5 nitrogen and oxygen atoms in total. The van der Waals surface area contributed by atoms with E-state index in [1.54, 1.807) is 25.3 Å². The van der Waals surface area contributed by atoms with E-state index in [1.165, 1.54) is 17.4 Å². The smallest absolute Gasteiger partial charge is 0.263 e. The first kappa shape index (κ1) is 18.2. The molecule has 0 fully saturated rings. The SMILES string of the molecule is Cc1c(Cl)cccc1S(=O)(=O)Nc1ncc(CCOC(C)C)s1. The normalized spacial score (nSPS) is 11.9. The van der Waals surface area contributed by atoms with Crippen molar-refractivity contribution in [1.82, 2.24) is 4.98 Å². The summed E-state index contributed by atoms with van der Waals surface area (Å²) in [6.45, 7) is 6.20. The molecule has 2 rings (SSSR count). The molecule has 0 saturated heterocycles. The average Bonchev–Trinajstić information content (AvgIpc) is 2.88. The van der Waals surface area contributed by atoms with Gasteiger partial charge in [-0.05, 0) is 38.5 Å². The lowest BCUT2D eigenvalue weighted by Crippen LogP contribution is -2.14. The zero-order chi connectivity index (χ0) is 17.0. The Morgan fingerprint density at radius 3 is 2.83 bits per heavy atom. The molecule has 0 saturated carbocycles. The van der Waals surface area contributed by atoms with E-state index in [-0.39, 0.29) is 11.0 Å². The molecular weight excluding hydrogens is 356 g/mol. The molecule has 8 heteroatoms. The van der Waals surface area contributed by atoms with Crippen molar-refractivity contribution < 1.29 is 13.2 Å². The van der Waals surface area contributed by atoms with Gasteiger partial charge in [-0.1, -0.05) is 17.7 Å². The van der Waals surface area contributed by atoms with Crippen LogP contribution in [0, 0.1) is 6.92 Å². The van der Waals surface area contributed by atoms with Crippen molar-refractivity contribution in [3.05, 3.63) is 39.9 Å².